The summed E-state index contributed by atoms with van der Waals surface area (Å²) >= 11 is 0. The van der Waals surface area contributed by atoms with Crippen molar-refractivity contribution < 1.29 is 35.0 Å². The first-order valence-electron chi connectivity index (χ1n) is 5.71. The average Bonchev–Trinajstić information content (AvgIpc) is 2.38. The smallest absolute Gasteiger partial charge is 0.201 e. The van der Waals surface area contributed by atoms with E-state index in [9.17, 15) is 15.3 Å². The van der Waals surface area contributed by atoms with Crippen molar-refractivity contribution in [1.82, 2.24) is 0 Å². The van der Waals surface area contributed by atoms with Gasteiger partial charge in [0.25, 0.3) is 0 Å². The van der Waals surface area contributed by atoms with E-state index in [1.165, 1.54) is 6.08 Å². The highest BCUT2D eigenvalue weighted by atomic mass is 16.7. The van der Waals surface area contributed by atoms with Crippen LogP contribution in [0.3, 0.4) is 0 Å². The Morgan fingerprint density at radius 3 is 2.39 bits per heavy atom. The summed E-state index contributed by atoms with van der Waals surface area (Å²) in [6, 6.07) is 0. The van der Waals surface area contributed by atoms with E-state index in [4.69, 9.17) is 19.7 Å². The lowest BCUT2D eigenvalue weighted by Crippen LogP contribution is -2.66. The quantitative estimate of drug-likeness (QED) is 0.343. The lowest BCUT2D eigenvalue weighted by Gasteiger charge is -2.47. The maximum Gasteiger partial charge on any atom is 0.201 e. The molecule has 1 unspecified atom stereocenters. The molecule has 0 saturated carbocycles. The summed E-state index contributed by atoms with van der Waals surface area (Å²) in [6.07, 6.45) is -4.08. The molecule has 0 aromatic rings. The van der Waals surface area contributed by atoms with Crippen LogP contribution >= 0.6 is 0 Å². The minimum absolute atomic E-state index is 0.0362. The molecular weight excluding hydrogens is 244 g/mol. The van der Waals surface area contributed by atoms with Crippen molar-refractivity contribution in [3.63, 3.8) is 0 Å². The summed E-state index contributed by atoms with van der Waals surface area (Å²) < 4.78 is 10.6. The Kier molecular flexibility index (Phi) is 5.67. The van der Waals surface area contributed by atoms with Crippen LogP contribution in [-0.4, -0.2) is 75.6 Å². The molecular formula is C11H20O7. The summed E-state index contributed by atoms with van der Waals surface area (Å²) in [6.45, 7) is 2.55. The number of aliphatic hydroxyl groups excluding tert-OH is 5. The molecule has 1 rings (SSSR count). The van der Waals surface area contributed by atoms with Gasteiger partial charge in [-0.1, -0.05) is 6.08 Å². The zero-order chi connectivity index (χ0) is 13.8. The van der Waals surface area contributed by atoms with Gasteiger partial charge in [-0.15, -0.1) is 6.58 Å². The molecule has 0 aromatic heterocycles. The Bertz CT molecular complexity index is 270. The predicted octanol–water partition coefficient (Wildman–Crippen LogP) is -2.26. The van der Waals surface area contributed by atoms with E-state index in [2.05, 4.69) is 6.58 Å². The van der Waals surface area contributed by atoms with Gasteiger partial charge in [-0.3, -0.25) is 0 Å². The normalized spacial score (nSPS) is 40.7. The molecule has 0 aliphatic carbocycles. The molecule has 7 nitrogen and oxygen atoms in total. The van der Waals surface area contributed by atoms with Gasteiger partial charge in [-0.2, -0.15) is 0 Å². The van der Waals surface area contributed by atoms with Crippen LogP contribution < -0.4 is 0 Å². The third-order valence-corrected chi connectivity index (χ3v) is 2.90. The average molecular weight is 264 g/mol. The van der Waals surface area contributed by atoms with Gasteiger partial charge in [0.2, 0.25) is 5.79 Å². The molecule has 1 heterocycles. The van der Waals surface area contributed by atoms with Gasteiger partial charge in [-0.05, 0) is 0 Å². The Morgan fingerprint density at radius 2 is 1.89 bits per heavy atom. The van der Waals surface area contributed by atoms with E-state index in [1.54, 1.807) is 0 Å². The van der Waals surface area contributed by atoms with Crippen LogP contribution in [0.1, 0.15) is 6.42 Å². The standard InChI is InChI=1S/C11H20O7/c1-2-3-11(17-5-4-12)10(16)9(15)8(14)7(6-13)18-11/h2,7-10,12-16H,1,3-6H2/t7-,8-,9+,10-,11?/m1/s1. The maximum atomic E-state index is 9.96. The van der Waals surface area contributed by atoms with Gasteiger partial charge in [-0.25, -0.2) is 0 Å². The number of hydrogen-bond acceptors (Lipinski definition) is 7. The van der Waals surface area contributed by atoms with Crippen molar-refractivity contribution in [1.29, 1.82) is 0 Å². The SMILES string of the molecule is C=CCC1(OCCO)O[C@H](CO)[C@@H](O)[C@H](O)[C@H]1O. The van der Waals surface area contributed by atoms with E-state index in [-0.39, 0.29) is 19.6 Å². The van der Waals surface area contributed by atoms with Crippen molar-refractivity contribution in [3.05, 3.63) is 12.7 Å². The number of aliphatic hydroxyl groups is 5. The molecule has 106 valence electrons. The zero-order valence-electron chi connectivity index (χ0n) is 9.97. The molecule has 0 aromatic carbocycles. The van der Waals surface area contributed by atoms with Crippen LogP contribution in [0, 0.1) is 0 Å². The molecule has 5 N–H and O–H groups in total. The van der Waals surface area contributed by atoms with Gasteiger partial charge in [0, 0.05) is 6.42 Å². The second-order valence-electron chi connectivity index (χ2n) is 4.14. The summed E-state index contributed by atoms with van der Waals surface area (Å²) in [5.74, 6) is -1.63. The van der Waals surface area contributed by atoms with E-state index in [0.29, 0.717) is 0 Å². The van der Waals surface area contributed by atoms with Crippen LogP contribution in [0.5, 0.6) is 0 Å². The first-order chi connectivity index (χ1) is 8.52. The highest BCUT2D eigenvalue weighted by Crippen LogP contribution is 2.34. The van der Waals surface area contributed by atoms with E-state index >= 15 is 0 Å². The number of ether oxygens (including phenoxy) is 2. The second-order valence-corrected chi connectivity index (χ2v) is 4.14. The van der Waals surface area contributed by atoms with Crippen molar-refractivity contribution in [2.45, 2.75) is 36.6 Å². The molecule has 0 amide bonds. The fraction of sp³-hybridized carbons (Fsp3) is 0.818. The molecule has 1 aliphatic heterocycles. The van der Waals surface area contributed by atoms with Crippen molar-refractivity contribution in [2.75, 3.05) is 19.8 Å². The fourth-order valence-corrected chi connectivity index (χ4v) is 1.97. The topological polar surface area (TPSA) is 120 Å². The molecule has 0 spiro atoms. The van der Waals surface area contributed by atoms with Crippen molar-refractivity contribution >= 4 is 0 Å². The van der Waals surface area contributed by atoms with Crippen LogP contribution in [0.2, 0.25) is 0 Å². The Hall–Kier alpha value is -0.540. The highest BCUT2D eigenvalue weighted by molar-refractivity contribution is 4.99. The van der Waals surface area contributed by atoms with Gasteiger partial charge in [0.05, 0.1) is 19.8 Å². The summed E-state index contributed by atoms with van der Waals surface area (Å²) in [4.78, 5) is 0. The Balaban J connectivity index is 2.94. The van der Waals surface area contributed by atoms with Crippen LogP contribution in [0.4, 0.5) is 0 Å². The maximum absolute atomic E-state index is 9.96. The third kappa shape index (κ3) is 2.89. The van der Waals surface area contributed by atoms with Crippen LogP contribution in [-0.2, 0) is 9.47 Å². The summed E-state index contributed by atoms with van der Waals surface area (Å²) in [5.41, 5.74) is 0. The molecule has 0 bridgehead atoms. The monoisotopic (exact) mass is 264 g/mol. The zero-order valence-corrected chi connectivity index (χ0v) is 9.97. The number of rotatable bonds is 6. The van der Waals surface area contributed by atoms with Gasteiger partial charge in [0.15, 0.2) is 0 Å². The van der Waals surface area contributed by atoms with E-state index in [0.717, 1.165) is 0 Å². The Morgan fingerprint density at radius 1 is 1.22 bits per heavy atom. The first kappa shape index (κ1) is 15.5. The first-order valence-corrected chi connectivity index (χ1v) is 5.71. The summed E-state index contributed by atoms with van der Waals surface area (Å²) in [5, 5.41) is 47.1. The largest absolute Gasteiger partial charge is 0.394 e. The van der Waals surface area contributed by atoms with Gasteiger partial charge >= 0.3 is 0 Å². The van der Waals surface area contributed by atoms with Crippen molar-refractivity contribution in [3.8, 4) is 0 Å². The predicted molar refractivity (Wildman–Crippen MR) is 60.6 cm³/mol. The summed E-state index contributed by atoms with van der Waals surface area (Å²) in [7, 11) is 0. The second kappa shape index (κ2) is 6.58. The third-order valence-electron chi connectivity index (χ3n) is 2.90. The lowest BCUT2D eigenvalue weighted by atomic mass is 9.90. The van der Waals surface area contributed by atoms with Crippen LogP contribution in [0.25, 0.3) is 0 Å². The molecule has 1 aliphatic rings. The fourth-order valence-electron chi connectivity index (χ4n) is 1.97. The lowest BCUT2D eigenvalue weighted by molar-refractivity contribution is -0.363. The molecule has 0 radical (unpaired) electrons. The molecule has 5 atom stereocenters. The Labute approximate surface area is 105 Å². The highest BCUT2D eigenvalue weighted by Gasteiger charge is 2.53. The molecule has 1 saturated heterocycles. The molecule has 7 heteroatoms. The van der Waals surface area contributed by atoms with Crippen molar-refractivity contribution in [2.24, 2.45) is 0 Å². The molecule has 18 heavy (non-hydrogen) atoms. The minimum atomic E-state index is -1.63. The van der Waals surface area contributed by atoms with Gasteiger partial charge < -0.3 is 35.0 Å². The van der Waals surface area contributed by atoms with E-state index < -0.39 is 36.8 Å². The van der Waals surface area contributed by atoms with Crippen LogP contribution in [0.15, 0.2) is 12.7 Å². The molecule has 1 fully saturated rings. The minimum Gasteiger partial charge on any atom is -0.394 e. The van der Waals surface area contributed by atoms with E-state index in [1.807, 2.05) is 0 Å². The number of hydrogen-bond donors (Lipinski definition) is 5. The van der Waals surface area contributed by atoms with Gasteiger partial charge in [0.1, 0.15) is 24.4 Å².